The maximum Gasteiger partial charge on any atom is 0.237 e. The average Bonchev–Trinajstić information content (AvgIpc) is 2.49. The smallest absolute Gasteiger partial charge is 0.237 e. The van der Waals surface area contributed by atoms with Gasteiger partial charge < -0.3 is 15.4 Å². The zero-order valence-electron chi connectivity index (χ0n) is 12.7. The topological polar surface area (TPSA) is 50.4 Å². The summed E-state index contributed by atoms with van der Waals surface area (Å²) in [6.45, 7) is 7.24. The monoisotopic (exact) mass is 278 g/mol. The quantitative estimate of drug-likeness (QED) is 0.682. The van der Waals surface area contributed by atoms with Crippen LogP contribution in [0.3, 0.4) is 0 Å². The molecule has 1 atom stereocenters. The van der Waals surface area contributed by atoms with Gasteiger partial charge in [0, 0.05) is 12.6 Å². The molecule has 0 saturated carbocycles. The van der Waals surface area contributed by atoms with Crippen molar-refractivity contribution in [3.05, 3.63) is 30.3 Å². The first-order valence-corrected chi connectivity index (χ1v) is 7.39. The summed E-state index contributed by atoms with van der Waals surface area (Å²) in [7, 11) is 0. The molecule has 0 aliphatic carbocycles. The van der Waals surface area contributed by atoms with Gasteiger partial charge in [0.05, 0.1) is 6.04 Å². The third kappa shape index (κ3) is 6.06. The fraction of sp³-hybridized carbons (Fsp3) is 0.562. The Morgan fingerprint density at radius 1 is 1.20 bits per heavy atom. The molecule has 0 fully saturated rings. The second-order valence-corrected chi connectivity index (χ2v) is 4.86. The molecule has 0 aliphatic rings. The van der Waals surface area contributed by atoms with Crippen LogP contribution in [0.25, 0.3) is 0 Å². The van der Waals surface area contributed by atoms with Gasteiger partial charge in [0.15, 0.2) is 0 Å². The molecule has 1 aromatic rings. The van der Waals surface area contributed by atoms with Crippen molar-refractivity contribution >= 4 is 5.91 Å². The lowest BCUT2D eigenvalue weighted by Crippen LogP contribution is -2.46. The normalized spacial score (nSPS) is 12.2. The number of rotatable bonds is 9. The molecule has 1 amide bonds. The number of carbonyl (C=O) groups excluding carboxylic acids is 1. The van der Waals surface area contributed by atoms with E-state index in [4.69, 9.17) is 4.74 Å². The molecule has 4 heteroatoms. The van der Waals surface area contributed by atoms with Crippen LogP contribution in [0.5, 0.6) is 5.75 Å². The fourth-order valence-electron chi connectivity index (χ4n) is 1.87. The van der Waals surface area contributed by atoms with E-state index in [1.165, 1.54) is 0 Å². The average molecular weight is 278 g/mol. The molecule has 0 radical (unpaired) electrons. The van der Waals surface area contributed by atoms with Crippen LogP contribution in [0.4, 0.5) is 0 Å². The van der Waals surface area contributed by atoms with Crippen LogP contribution in [0.2, 0.25) is 0 Å². The molecule has 112 valence electrons. The summed E-state index contributed by atoms with van der Waals surface area (Å²) >= 11 is 0. The van der Waals surface area contributed by atoms with E-state index in [2.05, 4.69) is 24.5 Å². The van der Waals surface area contributed by atoms with E-state index < -0.39 is 0 Å². The summed E-state index contributed by atoms with van der Waals surface area (Å²) in [5, 5.41) is 6.20. The second kappa shape index (κ2) is 9.37. The highest BCUT2D eigenvalue weighted by molar-refractivity contribution is 5.81. The maximum atomic E-state index is 11.9. The Kier molecular flexibility index (Phi) is 7.73. The molecular formula is C16H26N2O2. The lowest BCUT2D eigenvalue weighted by Gasteiger charge is -2.19. The first-order chi connectivity index (χ1) is 9.67. The molecule has 0 spiro atoms. The lowest BCUT2D eigenvalue weighted by atomic mass is 10.1. The molecule has 20 heavy (non-hydrogen) atoms. The molecule has 2 N–H and O–H groups in total. The number of amides is 1. The van der Waals surface area contributed by atoms with E-state index in [1.54, 1.807) is 0 Å². The summed E-state index contributed by atoms with van der Waals surface area (Å²) in [5.41, 5.74) is 0. The molecule has 1 rings (SSSR count). The Morgan fingerprint density at radius 3 is 2.45 bits per heavy atom. The van der Waals surface area contributed by atoms with E-state index in [0.29, 0.717) is 13.2 Å². The Morgan fingerprint density at radius 2 is 1.85 bits per heavy atom. The summed E-state index contributed by atoms with van der Waals surface area (Å²) in [6, 6.07) is 9.74. The molecule has 0 aromatic heterocycles. The van der Waals surface area contributed by atoms with Gasteiger partial charge in [-0.05, 0) is 31.9 Å². The summed E-state index contributed by atoms with van der Waals surface area (Å²) in [4.78, 5) is 11.9. The highest BCUT2D eigenvalue weighted by Gasteiger charge is 2.14. The van der Waals surface area contributed by atoms with Crippen molar-refractivity contribution in [1.29, 1.82) is 0 Å². The largest absolute Gasteiger partial charge is 0.492 e. The van der Waals surface area contributed by atoms with E-state index in [1.807, 2.05) is 37.3 Å². The number of nitrogens with one attached hydrogen (secondary N) is 2. The molecule has 4 nitrogen and oxygen atoms in total. The van der Waals surface area contributed by atoms with Crippen molar-refractivity contribution in [2.45, 2.75) is 45.7 Å². The summed E-state index contributed by atoms with van der Waals surface area (Å²) in [6.07, 6.45) is 1.93. The molecule has 0 aliphatic heterocycles. The van der Waals surface area contributed by atoms with Gasteiger partial charge in [-0.2, -0.15) is 0 Å². The minimum atomic E-state index is -0.199. The van der Waals surface area contributed by atoms with Crippen molar-refractivity contribution in [2.24, 2.45) is 0 Å². The molecule has 1 unspecified atom stereocenters. The molecule has 0 bridgehead atoms. The summed E-state index contributed by atoms with van der Waals surface area (Å²) < 4.78 is 5.57. The van der Waals surface area contributed by atoms with Crippen LogP contribution < -0.4 is 15.4 Å². The van der Waals surface area contributed by atoms with Crippen LogP contribution in [0.1, 0.15) is 33.6 Å². The third-order valence-electron chi connectivity index (χ3n) is 3.29. The number of carbonyl (C=O) groups is 1. The molecule has 0 heterocycles. The maximum absolute atomic E-state index is 11.9. The SMILES string of the molecule is CCC(CC)NC(=O)C(C)NCCOc1ccccc1. The Hall–Kier alpha value is -1.55. The van der Waals surface area contributed by atoms with Crippen molar-refractivity contribution < 1.29 is 9.53 Å². The van der Waals surface area contributed by atoms with Gasteiger partial charge in [-0.15, -0.1) is 0 Å². The number of ether oxygens (including phenoxy) is 1. The van der Waals surface area contributed by atoms with Gasteiger partial charge >= 0.3 is 0 Å². The minimum absolute atomic E-state index is 0.0541. The van der Waals surface area contributed by atoms with Crippen LogP contribution >= 0.6 is 0 Å². The fourth-order valence-corrected chi connectivity index (χ4v) is 1.87. The van der Waals surface area contributed by atoms with Gasteiger partial charge in [0.2, 0.25) is 5.91 Å². The Bertz CT molecular complexity index is 377. The van der Waals surface area contributed by atoms with Crippen molar-refractivity contribution in [3.63, 3.8) is 0 Å². The van der Waals surface area contributed by atoms with Crippen molar-refractivity contribution in [3.8, 4) is 5.75 Å². The van der Waals surface area contributed by atoms with E-state index in [0.717, 1.165) is 18.6 Å². The van der Waals surface area contributed by atoms with Gasteiger partial charge in [-0.1, -0.05) is 32.0 Å². The van der Waals surface area contributed by atoms with E-state index in [-0.39, 0.29) is 18.0 Å². The Labute approximate surface area is 121 Å². The number of para-hydroxylation sites is 1. The van der Waals surface area contributed by atoms with E-state index >= 15 is 0 Å². The van der Waals surface area contributed by atoms with Crippen molar-refractivity contribution in [1.82, 2.24) is 10.6 Å². The zero-order chi connectivity index (χ0) is 14.8. The molecule has 0 saturated heterocycles. The first kappa shape index (κ1) is 16.5. The highest BCUT2D eigenvalue weighted by Crippen LogP contribution is 2.07. The van der Waals surface area contributed by atoms with Crippen LogP contribution in [-0.4, -0.2) is 31.1 Å². The predicted molar refractivity (Wildman–Crippen MR) is 81.9 cm³/mol. The second-order valence-electron chi connectivity index (χ2n) is 4.86. The zero-order valence-corrected chi connectivity index (χ0v) is 12.7. The lowest BCUT2D eigenvalue weighted by molar-refractivity contribution is -0.123. The van der Waals surface area contributed by atoms with Crippen LogP contribution in [0.15, 0.2) is 30.3 Å². The summed E-state index contributed by atoms with van der Waals surface area (Å²) in [5.74, 6) is 0.904. The van der Waals surface area contributed by atoms with Crippen LogP contribution in [-0.2, 0) is 4.79 Å². The first-order valence-electron chi connectivity index (χ1n) is 7.39. The minimum Gasteiger partial charge on any atom is -0.492 e. The highest BCUT2D eigenvalue weighted by atomic mass is 16.5. The number of benzene rings is 1. The molecule has 1 aromatic carbocycles. The van der Waals surface area contributed by atoms with Gasteiger partial charge in [-0.3, -0.25) is 4.79 Å². The van der Waals surface area contributed by atoms with Crippen LogP contribution in [0, 0.1) is 0 Å². The number of hydrogen-bond donors (Lipinski definition) is 2. The number of hydrogen-bond acceptors (Lipinski definition) is 3. The predicted octanol–water partition coefficient (Wildman–Crippen LogP) is 2.35. The van der Waals surface area contributed by atoms with E-state index in [9.17, 15) is 4.79 Å². The third-order valence-corrected chi connectivity index (χ3v) is 3.29. The van der Waals surface area contributed by atoms with Crippen molar-refractivity contribution in [2.75, 3.05) is 13.2 Å². The van der Waals surface area contributed by atoms with Gasteiger partial charge in [-0.25, -0.2) is 0 Å². The standard InChI is InChI=1S/C16H26N2O2/c1-4-14(5-2)18-16(19)13(3)17-11-12-20-15-9-7-6-8-10-15/h6-10,13-14,17H,4-5,11-12H2,1-3H3,(H,18,19). The molecular weight excluding hydrogens is 252 g/mol. The Balaban J connectivity index is 2.19. The van der Waals surface area contributed by atoms with Gasteiger partial charge in [0.25, 0.3) is 0 Å². The van der Waals surface area contributed by atoms with Gasteiger partial charge in [0.1, 0.15) is 12.4 Å².